The van der Waals surface area contributed by atoms with Crippen LogP contribution in [0.2, 0.25) is 0 Å². The van der Waals surface area contributed by atoms with E-state index in [0.717, 1.165) is 12.8 Å². The molecule has 1 aliphatic rings. The van der Waals surface area contributed by atoms with Crippen LogP contribution in [0.3, 0.4) is 0 Å². The Balaban J connectivity index is 2.15. The molecule has 0 aromatic carbocycles. The third kappa shape index (κ3) is 2.85. The molecule has 1 aromatic heterocycles. The lowest BCUT2D eigenvalue weighted by Gasteiger charge is -2.31. The van der Waals surface area contributed by atoms with Gasteiger partial charge < -0.3 is 10.5 Å². The average Bonchev–Trinajstić information content (AvgIpc) is 2.77. The summed E-state index contributed by atoms with van der Waals surface area (Å²) in [6.07, 6.45) is 1.77. The molecule has 102 valence electrons. The second-order valence-electron chi connectivity index (χ2n) is 4.28. The monoisotopic (exact) mass is 290 g/mol. The van der Waals surface area contributed by atoms with E-state index < -0.39 is 10.0 Å². The number of anilines is 1. The molecule has 0 amide bonds. The number of sulfonamides is 1. The Kier molecular flexibility index (Phi) is 4.26. The number of thiophene rings is 1. The van der Waals surface area contributed by atoms with E-state index in [1.54, 1.807) is 5.38 Å². The van der Waals surface area contributed by atoms with Crippen molar-refractivity contribution in [2.24, 2.45) is 0 Å². The van der Waals surface area contributed by atoms with Gasteiger partial charge in [0.05, 0.1) is 6.10 Å². The molecule has 1 unspecified atom stereocenters. The quantitative estimate of drug-likeness (QED) is 0.912. The highest BCUT2D eigenvalue weighted by Crippen LogP contribution is 2.27. The van der Waals surface area contributed by atoms with Gasteiger partial charge in [-0.3, -0.25) is 0 Å². The summed E-state index contributed by atoms with van der Waals surface area (Å²) in [5, 5.41) is 1.65. The predicted octanol–water partition coefficient (Wildman–Crippen LogP) is 1.52. The molecule has 1 saturated heterocycles. The molecule has 0 radical (unpaired) electrons. The maximum absolute atomic E-state index is 12.4. The lowest BCUT2D eigenvalue weighted by Crippen LogP contribution is -2.42. The topological polar surface area (TPSA) is 72.6 Å². The van der Waals surface area contributed by atoms with Crippen LogP contribution in [0.1, 0.15) is 19.8 Å². The van der Waals surface area contributed by atoms with Gasteiger partial charge in [0, 0.05) is 30.8 Å². The first-order valence-electron chi connectivity index (χ1n) is 5.99. The molecular weight excluding hydrogens is 272 g/mol. The van der Waals surface area contributed by atoms with Crippen LogP contribution in [0.4, 0.5) is 5.69 Å². The Morgan fingerprint density at radius 2 is 2.39 bits per heavy atom. The SMILES string of the molecule is CCOC1CCCN(S(=O)(=O)c2cc(N)cs2)C1. The summed E-state index contributed by atoms with van der Waals surface area (Å²) in [6, 6.07) is 1.52. The van der Waals surface area contributed by atoms with E-state index in [4.69, 9.17) is 10.5 Å². The number of nitrogen functional groups attached to an aromatic ring is 1. The van der Waals surface area contributed by atoms with Gasteiger partial charge >= 0.3 is 0 Å². The number of hydrogen-bond donors (Lipinski definition) is 1. The molecule has 1 aliphatic heterocycles. The van der Waals surface area contributed by atoms with Crippen LogP contribution in [-0.2, 0) is 14.8 Å². The summed E-state index contributed by atoms with van der Waals surface area (Å²) >= 11 is 1.17. The van der Waals surface area contributed by atoms with E-state index >= 15 is 0 Å². The maximum Gasteiger partial charge on any atom is 0.252 e. The minimum absolute atomic E-state index is 0.0100. The molecule has 2 heterocycles. The highest BCUT2D eigenvalue weighted by atomic mass is 32.2. The first-order valence-corrected chi connectivity index (χ1v) is 8.31. The lowest BCUT2D eigenvalue weighted by molar-refractivity contribution is 0.0265. The van der Waals surface area contributed by atoms with Crippen molar-refractivity contribution in [3.05, 3.63) is 11.4 Å². The minimum Gasteiger partial charge on any atom is -0.398 e. The van der Waals surface area contributed by atoms with Crippen LogP contribution in [0.25, 0.3) is 0 Å². The fourth-order valence-corrected chi connectivity index (χ4v) is 4.83. The molecule has 5 nitrogen and oxygen atoms in total. The fraction of sp³-hybridized carbons (Fsp3) is 0.636. The van der Waals surface area contributed by atoms with E-state index in [2.05, 4.69) is 0 Å². The van der Waals surface area contributed by atoms with Crippen LogP contribution in [-0.4, -0.2) is 38.5 Å². The average molecular weight is 290 g/mol. The van der Waals surface area contributed by atoms with Gasteiger partial charge in [0.2, 0.25) is 0 Å². The zero-order valence-electron chi connectivity index (χ0n) is 10.3. The van der Waals surface area contributed by atoms with Gasteiger partial charge in [-0.25, -0.2) is 8.42 Å². The first-order chi connectivity index (χ1) is 8.54. The standard InChI is InChI=1S/C11H18N2O3S2/c1-2-16-10-4-3-5-13(7-10)18(14,15)11-6-9(12)8-17-11/h6,8,10H,2-5,7,12H2,1H3. The maximum atomic E-state index is 12.4. The molecule has 1 fully saturated rings. The molecular formula is C11H18N2O3S2. The highest BCUT2D eigenvalue weighted by molar-refractivity contribution is 7.91. The largest absolute Gasteiger partial charge is 0.398 e. The van der Waals surface area contributed by atoms with E-state index in [0.29, 0.717) is 29.6 Å². The smallest absolute Gasteiger partial charge is 0.252 e. The zero-order valence-corrected chi connectivity index (χ0v) is 12.0. The summed E-state index contributed by atoms with van der Waals surface area (Å²) < 4.78 is 32.1. The first kappa shape index (κ1) is 13.8. The zero-order chi connectivity index (χ0) is 13.2. The molecule has 0 saturated carbocycles. The molecule has 2 N–H and O–H groups in total. The van der Waals surface area contributed by atoms with Gasteiger partial charge in [0.25, 0.3) is 10.0 Å². The summed E-state index contributed by atoms with van der Waals surface area (Å²) in [7, 11) is -3.40. The fourth-order valence-electron chi connectivity index (χ4n) is 2.09. The Labute approximate surface area is 112 Å². The Morgan fingerprint density at radius 3 is 3.00 bits per heavy atom. The van der Waals surface area contributed by atoms with E-state index in [1.807, 2.05) is 6.92 Å². The molecule has 1 aromatic rings. The number of rotatable bonds is 4. The summed E-state index contributed by atoms with van der Waals surface area (Å²) in [5.41, 5.74) is 6.08. The van der Waals surface area contributed by atoms with Crippen molar-refractivity contribution >= 4 is 27.0 Å². The molecule has 7 heteroatoms. The van der Waals surface area contributed by atoms with Gasteiger partial charge in [-0.15, -0.1) is 11.3 Å². The van der Waals surface area contributed by atoms with Crippen LogP contribution in [0.5, 0.6) is 0 Å². The second-order valence-corrected chi connectivity index (χ2v) is 7.36. The van der Waals surface area contributed by atoms with Crippen LogP contribution in [0.15, 0.2) is 15.7 Å². The summed E-state index contributed by atoms with van der Waals surface area (Å²) in [5.74, 6) is 0. The molecule has 1 atom stereocenters. The number of hydrogen-bond acceptors (Lipinski definition) is 5. The van der Waals surface area contributed by atoms with E-state index in [9.17, 15) is 8.42 Å². The summed E-state index contributed by atoms with van der Waals surface area (Å²) in [6.45, 7) is 3.54. The Hall–Kier alpha value is -0.630. The van der Waals surface area contributed by atoms with Crippen LogP contribution in [0, 0.1) is 0 Å². The Morgan fingerprint density at radius 1 is 1.61 bits per heavy atom. The van der Waals surface area contributed by atoms with Crippen LogP contribution < -0.4 is 5.73 Å². The van der Waals surface area contributed by atoms with Gasteiger partial charge in [-0.2, -0.15) is 4.31 Å². The number of ether oxygens (including phenoxy) is 1. The molecule has 0 spiro atoms. The van der Waals surface area contributed by atoms with Crippen molar-refractivity contribution in [1.82, 2.24) is 4.31 Å². The van der Waals surface area contributed by atoms with Crippen molar-refractivity contribution < 1.29 is 13.2 Å². The third-order valence-electron chi connectivity index (χ3n) is 2.93. The van der Waals surface area contributed by atoms with Crippen molar-refractivity contribution in [1.29, 1.82) is 0 Å². The Bertz CT molecular complexity index is 496. The van der Waals surface area contributed by atoms with Gasteiger partial charge in [-0.05, 0) is 25.8 Å². The van der Waals surface area contributed by atoms with Crippen molar-refractivity contribution in [2.75, 3.05) is 25.4 Å². The van der Waals surface area contributed by atoms with Gasteiger partial charge in [-0.1, -0.05) is 0 Å². The highest BCUT2D eigenvalue weighted by Gasteiger charge is 2.31. The molecule has 0 aliphatic carbocycles. The van der Waals surface area contributed by atoms with Crippen molar-refractivity contribution in [3.8, 4) is 0 Å². The number of nitrogens with two attached hydrogens (primary N) is 1. The van der Waals surface area contributed by atoms with Crippen LogP contribution >= 0.6 is 11.3 Å². The van der Waals surface area contributed by atoms with Crippen molar-refractivity contribution in [3.63, 3.8) is 0 Å². The minimum atomic E-state index is -3.40. The lowest BCUT2D eigenvalue weighted by atomic mass is 10.1. The number of nitrogens with zero attached hydrogens (tertiary/aromatic N) is 1. The molecule has 18 heavy (non-hydrogen) atoms. The predicted molar refractivity (Wildman–Crippen MR) is 72.1 cm³/mol. The number of piperidine rings is 1. The second kappa shape index (κ2) is 5.56. The van der Waals surface area contributed by atoms with E-state index in [-0.39, 0.29) is 6.10 Å². The van der Waals surface area contributed by atoms with E-state index in [1.165, 1.54) is 21.7 Å². The van der Waals surface area contributed by atoms with Gasteiger partial charge in [0.1, 0.15) is 4.21 Å². The van der Waals surface area contributed by atoms with Gasteiger partial charge in [0.15, 0.2) is 0 Å². The van der Waals surface area contributed by atoms with Crippen molar-refractivity contribution in [2.45, 2.75) is 30.1 Å². The normalized spacial score (nSPS) is 22.2. The molecule has 0 bridgehead atoms. The molecule has 2 rings (SSSR count). The third-order valence-corrected chi connectivity index (χ3v) is 6.23. The summed E-state index contributed by atoms with van der Waals surface area (Å²) in [4.78, 5) is 0.